The van der Waals surface area contributed by atoms with Crippen LogP contribution in [0.15, 0.2) is 47.6 Å². The van der Waals surface area contributed by atoms with Gasteiger partial charge in [-0.2, -0.15) is 0 Å². The van der Waals surface area contributed by atoms with Gasteiger partial charge in [0.25, 0.3) is 5.91 Å². The van der Waals surface area contributed by atoms with Crippen molar-refractivity contribution >= 4 is 24.2 Å². The van der Waals surface area contributed by atoms with Gasteiger partial charge in [0.2, 0.25) is 0 Å². The molecule has 0 unspecified atom stereocenters. The predicted octanol–water partition coefficient (Wildman–Crippen LogP) is 2.93. The van der Waals surface area contributed by atoms with Crippen LogP contribution in [-0.2, 0) is 0 Å². The summed E-state index contributed by atoms with van der Waals surface area (Å²) in [5, 5.41) is 2.82. The van der Waals surface area contributed by atoms with E-state index < -0.39 is 0 Å². The predicted molar refractivity (Wildman–Crippen MR) is 70.6 cm³/mol. The van der Waals surface area contributed by atoms with E-state index in [4.69, 9.17) is 0 Å². The van der Waals surface area contributed by atoms with Crippen molar-refractivity contribution in [1.29, 1.82) is 0 Å². The second-order valence-electron chi connectivity index (χ2n) is 3.70. The number of nitrogens with zero attached hydrogens (tertiary/aromatic N) is 1. The largest absolute Gasteiger partial charge is 0.320 e. The number of benzene rings is 1. The standard InChI is InChI=1S/C13H12N2OS/c1-9-5-6-14-8-12(9)15-13(16)10-3-2-4-11(17)7-10/h2-8,17H,1H3,(H,15,16). The summed E-state index contributed by atoms with van der Waals surface area (Å²) < 4.78 is 0. The Kier molecular flexibility index (Phi) is 3.44. The second kappa shape index (κ2) is 5.01. The fourth-order valence-electron chi connectivity index (χ4n) is 1.44. The summed E-state index contributed by atoms with van der Waals surface area (Å²) in [6, 6.07) is 8.96. The molecule has 0 saturated carbocycles. The quantitative estimate of drug-likeness (QED) is 0.798. The lowest BCUT2D eigenvalue weighted by molar-refractivity contribution is 0.102. The Labute approximate surface area is 105 Å². The summed E-state index contributed by atoms with van der Waals surface area (Å²) in [5.41, 5.74) is 2.29. The fourth-order valence-corrected chi connectivity index (χ4v) is 1.66. The van der Waals surface area contributed by atoms with Crippen molar-refractivity contribution in [1.82, 2.24) is 4.98 Å². The van der Waals surface area contributed by atoms with E-state index in [1.165, 1.54) is 0 Å². The van der Waals surface area contributed by atoms with Gasteiger partial charge < -0.3 is 5.32 Å². The van der Waals surface area contributed by atoms with Crippen LogP contribution in [0.4, 0.5) is 5.69 Å². The molecule has 0 spiro atoms. The molecule has 1 aromatic carbocycles. The minimum atomic E-state index is -0.156. The molecule has 86 valence electrons. The first kappa shape index (κ1) is 11.7. The van der Waals surface area contributed by atoms with E-state index in [0.29, 0.717) is 5.56 Å². The number of thiol groups is 1. The van der Waals surface area contributed by atoms with Crippen LogP contribution in [0.2, 0.25) is 0 Å². The molecule has 3 nitrogen and oxygen atoms in total. The number of carbonyl (C=O) groups is 1. The molecule has 0 atom stereocenters. The topological polar surface area (TPSA) is 42.0 Å². The van der Waals surface area contributed by atoms with Gasteiger partial charge in [0, 0.05) is 16.7 Å². The lowest BCUT2D eigenvalue weighted by atomic mass is 10.2. The third kappa shape index (κ3) is 2.85. The van der Waals surface area contributed by atoms with E-state index in [0.717, 1.165) is 16.1 Å². The molecule has 0 saturated heterocycles. The number of hydrogen-bond acceptors (Lipinski definition) is 3. The zero-order valence-corrected chi connectivity index (χ0v) is 10.2. The second-order valence-corrected chi connectivity index (χ2v) is 4.21. The summed E-state index contributed by atoms with van der Waals surface area (Å²) in [4.78, 5) is 16.7. The molecular weight excluding hydrogens is 232 g/mol. The lowest BCUT2D eigenvalue weighted by Gasteiger charge is -2.07. The molecule has 2 aromatic rings. The molecule has 1 amide bonds. The van der Waals surface area contributed by atoms with E-state index in [1.54, 1.807) is 30.6 Å². The van der Waals surface area contributed by atoms with E-state index in [9.17, 15) is 4.79 Å². The van der Waals surface area contributed by atoms with Gasteiger partial charge in [-0.1, -0.05) is 6.07 Å². The molecule has 0 bridgehead atoms. The van der Waals surface area contributed by atoms with E-state index in [-0.39, 0.29) is 5.91 Å². The summed E-state index contributed by atoms with van der Waals surface area (Å²) in [6.45, 7) is 1.92. The van der Waals surface area contributed by atoms with Gasteiger partial charge in [0.15, 0.2) is 0 Å². The van der Waals surface area contributed by atoms with Crippen LogP contribution in [0.5, 0.6) is 0 Å². The van der Waals surface area contributed by atoms with Crippen LogP contribution in [0.3, 0.4) is 0 Å². The van der Waals surface area contributed by atoms with Crippen molar-refractivity contribution in [2.24, 2.45) is 0 Å². The summed E-state index contributed by atoms with van der Waals surface area (Å²) in [6.07, 6.45) is 3.33. The van der Waals surface area contributed by atoms with Crippen molar-refractivity contribution < 1.29 is 4.79 Å². The number of pyridine rings is 1. The Hall–Kier alpha value is -1.81. The molecule has 1 heterocycles. The smallest absolute Gasteiger partial charge is 0.255 e. The van der Waals surface area contributed by atoms with Crippen LogP contribution >= 0.6 is 12.6 Å². The highest BCUT2D eigenvalue weighted by Crippen LogP contribution is 2.14. The number of amides is 1. The zero-order chi connectivity index (χ0) is 12.3. The Morgan fingerprint density at radius 1 is 1.35 bits per heavy atom. The van der Waals surface area contributed by atoms with Gasteiger partial charge in [0.05, 0.1) is 11.9 Å². The highest BCUT2D eigenvalue weighted by Gasteiger charge is 2.07. The maximum absolute atomic E-state index is 11.9. The molecule has 4 heteroatoms. The number of rotatable bonds is 2. The van der Waals surface area contributed by atoms with Crippen LogP contribution in [0.1, 0.15) is 15.9 Å². The van der Waals surface area contributed by atoms with Gasteiger partial charge in [-0.05, 0) is 36.8 Å². The van der Waals surface area contributed by atoms with Gasteiger partial charge >= 0.3 is 0 Å². The van der Waals surface area contributed by atoms with Gasteiger partial charge in [-0.25, -0.2) is 0 Å². The Morgan fingerprint density at radius 3 is 2.88 bits per heavy atom. The highest BCUT2D eigenvalue weighted by molar-refractivity contribution is 7.80. The first-order valence-electron chi connectivity index (χ1n) is 5.18. The molecule has 1 aromatic heterocycles. The molecule has 0 aliphatic carbocycles. The molecule has 0 radical (unpaired) electrons. The number of anilines is 1. The molecule has 0 aliphatic heterocycles. The molecule has 0 fully saturated rings. The highest BCUT2D eigenvalue weighted by atomic mass is 32.1. The van der Waals surface area contributed by atoms with Crippen LogP contribution in [0, 0.1) is 6.92 Å². The molecule has 0 aliphatic rings. The SMILES string of the molecule is Cc1ccncc1NC(=O)c1cccc(S)c1. The van der Waals surface area contributed by atoms with Crippen molar-refractivity contribution in [3.05, 3.63) is 53.9 Å². The average molecular weight is 244 g/mol. The van der Waals surface area contributed by atoms with Crippen molar-refractivity contribution in [3.63, 3.8) is 0 Å². The van der Waals surface area contributed by atoms with Crippen LogP contribution in [-0.4, -0.2) is 10.9 Å². The van der Waals surface area contributed by atoms with Gasteiger partial charge in [-0.15, -0.1) is 12.6 Å². The number of carbonyl (C=O) groups excluding carboxylic acids is 1. The van der Waals surface area contributed by atoms with E-state index in [1.807, 2.05) is 19.1 Å². The first-order chi connectivity index (χ1) is 8.16. The third-order valence-corrected chi connectivity index (χ3v) is 2.67. The minimum Gasteiger partial charge on any atom is -0.320 e. The minimum absolute atomic E-state index is 0.156. The maximum atomic E-state index is 11.9. The number of nitrogens with one attached hydrogen (secondary N) is 1. The first-order valence-corrected chi connectivity index (χ1v) is 5.62. The van der Waals surface area contributed by atoms with Gasteiger partial charge in [-0.3, -0.25) is 9.78 Å². The fraction of sp³-hybridized carbons (Fsp3) is 0.0769. The van der Waals surface area contributed by atoms with Crippen molar-refractivity contribution in [2.75, 3.05) is 5.32 Å². The Bertz CT molecular complexity index is 555. The Balaban J connectivity index is 2.20. The number of aryl methyl sites for hydroxylation is 1. The normalized spacial score (nSPS) is 10.0. The zero-order valence-electron chi connectivity index (χ0n) is 9.34. The van der Waals surface area contributed by atoms with Crippen molar-refractivity contribution in [3.8, 4) is 0 Å². The molecule has 1 N–H and O–H groups in total. The Morgan fingerprint density at radius 2 is 2.18 bits per heavy atom. The number of aromatic nitrogens is 1. The van der Waals surface area contributed by atoms with E-state index >= 15 is 0 Å². The molecular formula is C13H12N2OS. The van der Waals surface area contributed by atoms with Gasteiger partial charge in [0.1, 0.15) is 0 Å². The van der Waals surface area contributed by atoms with Crippen LogP contribution in [0.25, 0.3) is 0 Å². The molecule has 17 heavy (non-hydrogen) atoms. The molecule has 2 rings (SSSR count). The summed E-state index contributed by atoms with van der Waals surface area (Å²) >= 11 is 4.20. The summed E-state index contributed by atoms with van der Waals surface area (Å²) in [5.74, 6) is -0.156. The third-order valence-electron chi connectivity index (χ3n) is 2.40. The maximum Gasteiger partial charge on any atom is 0.255 e. The average Bonchev–Trinajstić information content (AvgIpc) is 2.32. The monoisotopic (exact) mass is 244 g/mol. The van der Waals surface area contributed by atoms with Crippen molar-refractivity contribution in [2.45, 2.75) is 11.8 Å². The number of hydrogen-bond donors (Lipinski definition) is 2. The lowest BCUT2D eigenvalue weighted by Crippen LogP contribution is -2.12. The summed E-state index contributed by atoms with van der Waals surface area (Å²) in [7, 11) is 0. The van der Waals surface area contributed by atoms with Crippen LogP contribution < -0.4 is 5.32 Å². The van der Waals surface area contributed by atoms with E-state index in [2.05, 4.69) is 22.9 Å².